The van der Waals surface area contributed by atoms with E-state index in [1.165, 1.54) is 0 Å². The van der Waals surface area contributed by atoms with Crippen molar-refractivity contribution in [2.45, 2.75) is 297 Å². The Morgan fingerprint density at radius 2 is 1.51 bits per heavy atom. The van der Waals surface area contributed by atoms with Gasteiger partial charge < -0.3 is 72.9 Å². The molecule has 0 spiro atoms. The monoisotopic (exact) mass is 1060 g/mol. The van der Waals surface area contributed by atoms with Gasteiger partial charge in [-0.1, -0.05) is 58.1 Å². The van der Waals surface area contributed by atoms with Gasteiger partial charge in [-0.25, -0.2) is 0 Å². The highest BCUT2D eigenvalue weighted by Gasteiger charge is 2.65. The molecule has 0 saturated carbocycles. The van der Waals surface area contributed by atoms with Crippen molar-refractivity contribution in [1.82, 2.24) is 0 Å². The van der Waals surface area contributed by atoms with Crippen LogP contribution in [0, 0.1) is 23.7 Å². The van der Waals surface area contributed by atoms with Crippen molar-refractivity contribution >= 4 is 5.97 Å². The van der Waals surface area contributed by atoms with Gasteiger partial charge in [0.15, 0.2) is 0 Å². The Balaban J connectivity index is 0.787. The maximum Gasteiger partial charge on any atom is 0.303 e. The van der Waals surface area contributed by atoms with E-state index < -0.39 is 71.1 Å². The summed E-state index contributed by atoms with van der Waals surface area (Å²) in [5.41, 5.74) is -0.952. The van der Waals surface area contributed by atoms with Gasteiger partial charge in [0, 0.05) is 44.6 Å². The first-order valence-corrected chi connectivity index (χ1v) is 29.0. The van der Waals surface area contributed by atoms with Crippen LogP contribution in [0.3, 0.4) is 0 Å². The molecule has 5 N–H and O–H groups in total. The molecule has 0 aromatic rings. The lowest BCUT2D eigenvalue weighted by Gasteiger charge is -2.61. The molecule has 0 amide bonds. The third-order valence-electron chi connectivity index (χ3n) is 19.8. The second kappa shape index (κ2) is 21.9. The number of rotatable bonds is 11. The highest BCUT2D eigenvalue weighted by molar-refractivity contribution is 5.67. The summed E-state index contributed by atoms with van der Waals surface area (Å²) in [6.45, 7) is 23.1. The number of aliphatic hydroxyl groups excluding tert-OH is 4. The number of ether oxygens (including phenoxy) is 10. The third-order valence-corrected chi connectivity index (χ3v) is 19.8. The summed E-state index contributed by atoms with van der Waals surface area (Å²) >= 11 is 0. The van der Waals surface area contributed by atoms with Gasteiger partial charge in [0.25, 0.3) is 0 Å². The summed E-state index contributed by atoms with van der Waals surface area (Å²) in [5, 5.41) is 54.2. The largest absolute Gasteiger partial charge is 0.481 e. The number of aliphatic hydroxyl groups is 4. The zero-order valence-corrected chi connectivity index (χ0v) is 46.3. The minimum Gasteiger partial charge on any atom is -0.481 e. The number of hydrogen-bond donors (Lipinski definition) is 5. The Morgan fingerprint density at radius 3 is 2.27 bits per heavy atom. The Hall–Kier alpha value is -1.87. The second-order valence-corrected chi connectivity index (χ2v) is 26.3. The number of hydrogen-bond acceptors (Lipinski definition) is 15. The number of fused-ring (bicyclic) bond motifs is 8. The molecule has 0 aromatic carbocycles. The molecule has 0 aromatic heterocycles. The van der Waals surface area contributed by atoms with Crippen LogP contribution in [-0.4, -0.2) is 176 Å². The van der Waals surface area contributed by atoms with Crippen LogP contribution in [0.15, 0.2) is 36.0 Å². The Morgan fingerprint density at radius 1 is 0.773 bits per heavy atom. The molecule has 9 fully saturated rings. The summed E-state index contributed by atoms with van der Waals surface area (Å²) in [4.78, 5) is 11.4. The fourth-order valence-electron chi connectivity index (χ4n) is 15.8. The van der Waals surface area contributed by atoms with Gasteiger partial charge in [-0.3, -0.25) is 4.79 Å². The first-order chi connectivity index (χ1) is 35.5. The van der Waals surface area contributed by atoms with Crippen LogP contribution in [0.4, 0.5) is 0 Å². The molecule has 0 aliphatic carbocycles. The van der Waals surface area contributed by atoms with Gasteiger partial charge >= 0.3 is 5.97 Å². The molecule has 10 heterocycles. The number of carboxylic acid groups (broad SMARTS) is 1. The first-order valence-electron chi connectivity index (χ1n) is 29.0. The van der Waals surface area contributed by atoms with Crippen LogP contribution in [0.5, 0.6) is 0 Å². The highest BCUT2D eigenvalue weighted by atomic mass is 16.6. The van der Waals surface area contributed by atoms with Crippen molar-refractivity contribution < 1.29 is 77.7 Å². The molecule has 10 rings (SSSR count). The molecular weight excluding hydrogens is 965 g/mol. The summed E-state index contributed by atoms with van der Waals surface area (Å²) in [7, 11) is 0. The summed E-state index contributed by atoms with van der Waals surface area (Å²) in [6, 6.07) is 0. The first kappa shape index (κ1) is 56.4. The quantitative estimate of drug-likeness (QED) is 0.134. The fourth-order valence-corrected chi connectivity index (χ4v) is 15.8. The van der Waals surface area contributed by atoms with E-state index in [4.69, 9.17) is 47.4 Å². The lowest BCUT2D eigenvalue weighted by Crippen LogP contribution is -2.74. The molecule has 16 nitrogen and oxygen atoms in total. The summed E-state index contributed by atoms with van der Waals surface area (Å²) in [6.07, 6.45) is 6.94. The minimum atomic E-state index is -1.05. The normalized spacial score (nSPS) is 51.6. The summed E-state index contributed by atoms with van der Waals surface area (Å²) in [5.74, 6) is -0.742. The smallest absolute Gasteiger partial charge is 0.303 e. The van der Waals surface area contributed by atoms with Crippen LogP contribution in [0.25, 0.3) is 0 Å². The molecule has 10 aliphatic rings. The van der Waals surface area contributed by atoms with E-state index in [-0.39, 0.29) is 116 Å². The summed E-state index contributed by atoms with van der Waals surface area (Å²) < 4.78 is 69.8. The SMILES string of the molecule is C=C1C[C@@H]2O[C@@H]3[C@@H](C[C@]2(C)O[C@@H]1C/C(C)=C/[C@@H](C)CO)O[C@H]1C[C@H]2O[C@H]4CC[C@H]5O[C@H]6C[C@H]7O[C@@H](C[C@H](O)C[C@@H]8C[C@H](C)[C@@H]([C@@H](C)CC(=O)O)O8)[C@@H](O)CC[C@@H]7O[C@]6(C)C[C@]5(C)O[C@@H]4C/C=C\[C@H](C)[C@@H]2O[C@]1(C)[C@H]3O. The Kier molecular flexibility index (Phi) is 16.5. The molecule has 9 saturated heterocycles. The highest BCUT2D eigenvalue weighted by Crippen LogP contribution is 2.54. The molecule has 27 atom stereocenters. The van der Waals surface area contributed by atoms with E-state index in [0.717, 1.165) is 17.6 Å². The predicted octanol–water partition coefficient (Wildman–Crippen LogP) is 6.84. The molecule has 0 radical (unpaired) electrons. The van der Waals surface area contributed by atoms with Crippen molar-refractivity contribution in [2.75, 3.05) is 6.61 Å². The van der Waals surface area contributed by atoms with Crippen molar-refractivity contribution in [2.24, 2.45) is 23.7 Å². The molecule has 0 bridgehead atoms. The molecular formula is C59H92O16. The van der Waals surface area contributed by atoms with Crippen molar-refractivity contribution in [3.63, 3.8) is 0 Å². The molecule has 424 valence electrons. The minimum absolute atomic E-state index is 0.0214. The van der Waals surface area contributed by atoms with Gasteiger partial charge in [0.1, 0.15) is 17.8 Å². The topological polar surface area (TPSA) is 211 Å². The molecule has 10 aliphatic heterocycles. The standard InChI is InChI=1S/C59H92O16/c1-30(18-31(2)28-60)19-42-33(4)21-48-56(7,74-42)27-46-54(71-48)55(65)59(10)50(69-46)26-45-53(75-59)32(3)12-11-13-40-39(67-45)16-17-47-57(8,72-40)29-58(9)49(70-47)25-44-41(73-58)15-14-38(62)43(68-44)24-36(61)23-37-20-34(5)52(66-37)35(6)22-51(63)64/h11-12,18,31-32,34-50,52-55,60-62,65H,4,13-17,19-29H2,1-3,5-10H3,(H,63,64)/b12-11-,30-18+/t31-,32+,34+,35+,36-,37+,38+,39+,40-,41+,42-,43+,44-,45-,46-,47-,48+,49+,50+,52+,53+,54-,55+,56+,57+,58-,59+/m1/s1. The van der Waals surface area contributed by atoms with Crippen molar-refractivity contribution in [3.8, 4) is 0 Å². The lowest BCUT2D eigenvalue weighted by molar-refractivity contribution is -0.369. The van der Waals surface area contributed by atoms with E-state index in [2.05, 4.69) is 66.3 Å². The van der Waals surface area contributed by atoms with Crippen LogP contribution in [-0.2, 0) is 52.2 Å². The van der Waals surface area contributed by atoms with Gasteiger partial charge in [-0.15, -0.1) is 0 Å². The van der Waals surface area contributed by atoms with E-state index in [1.807, 2.05) is 20.8 Å². The van der Waals surface area contributed by atoms with Gasteiger partial charge in [-0.05, 0) is 116 Å². The lowest BCUT2D eigenvalue weighted by atomic mass is 9.72. The molecule has 0 unspecified atom stereocenters. The molecule has 75 heavy (non-hydrogen) atoms. The maximum atomic E-state index is 12.4. The second-order valence-electron chi connectivity index (χ2n) is 26.3. The number of carboxylic acids is 1. The van der Waals surface area contributed by atoms with E-state index in [0.29, 0.717) is 77.0 Å². The van der Waals surface area contributed by atoms with E-state index in [1.54, 1.807) is 0 Å². The van der Waals surface area contributed by atoms with E-state index in [9.17, 15) is 30.3 Å². The van der Waals surface area contributed by atoms with Gasteiger partial charge in [0.2, 0.25) is 0 Å². The average molecular weight is 1060 g/mol. The average Bonchev–Trinajstić information content (AvgIpc) is 3.59. The fraction of sp³-hybridized carbons (Fsp3) is 0.881. The maximum absolute atomic E-state index is 12.4. The van der Waals surface area contributed by atoms with Crippen molar-refractivity contribution in [3.05, 3.63) is 36.0 Å². The third kappa shape index (κ3) is 11.3. The predicted molar refractivity (Wildman–Crippen MR) is 276 cm³/mol. The number of carbonyl (C=O) groups is 1. The van der Waals surface area contributed by atoms with E-state index >= 15 is 0 Å². The van der Waals surface area contributed by atoms with Crippen LogP contribution in [0.2, 0.25) is 0 Å². The van der Waals surface area contributed by atoms with Crippen LogP contribution >= 0.6 is 0 Å². The number of aliphatic carboxylic acids is 1. The molecule has 16 heteroatoms. The van der Waals surface area contributed by atoms with Crippen LogP contribution < -0.4 is 0 Å². The zero-order chi connectivity index (χ0) is 53.5. The van der Waals surface area contributed by atoms with Gasteiger partial charge in [-0.2, -0.15) is 0 Å². The zero-order valence-electron chi connectivity index (χ0n) is 46.3. The Bertz CT molecular complexity index is 2100. The van der Waals surface area contributed by atoms with Crippen molar-refractivity contribution in [1.29, 1.82) is 0 Å². The van der Waals surface area contributed by atoms with Gasteiger partial charge in [0.05, 0.1) is 127 Å². The van der Waals surface area contributed by atoms with Crippen LogP contribution in [0.1, 0.15) is 159 Å². The Labute approximate surface area is 445 Å².